The van der Waals surface area contributed by atoms with Gasteiger partial charge in [0.2, 0.25) is 11.8 Å². The Morgan fingerprint density at radius 3 is 2.21 bits per heavy atom. The van der Waals surface area contributed by atoms with Crippen LogP contribution in [0, 0.1) is 17.3 Å². The van der Waals surface area contributed by atoms with Crippen molar-refractivity contribution in [3.63, 3.8) is 0 Å². The number of likely N-dealkylation sites (N-methyl/N-ethyl adjacent to an activating group) is 2. The van der Waals surface area contributed by atoms with Crippen LogP contribution in [0.5, 0.6) is 0 Å². The van der Waals surface area contributed by atoms with Gasteiger partial charge in [0.1, 0.15) is 11.8 Å². The van der Waals surface area contributed by atoms with Gasteiger partial charge in [0.25, 0.3) is 0 Å². The molecule has 1 fully saturated rings. The Balaban J connectivity index is 3.05. The van der Waals surface area contributed by atoms with E-state index >= 15 is 0 Å². The Hall–Kier alpha value is -1.43. The molecule has 1 aliphatic rings. The van der Waals surface area contributed by atoms with Crippen molar-refractivity contribution in [2.45, 2.75) is 85.9 Å². The highest BCUT2D eigenvalue weighted by molar-refractivity contribution is 5.91. The molecule has 1 N–H and O–H groups in total. The largest absolute Gasteiger partial charge is 0.342 e. The molecular weight excluding hydrogens is 354 g/mol. The number of hydrogen-bond acceptors (Lipinski definition) is 4. The number of carbonyl (C=O) groups is 3. The minimum absolute atomic E-state index is 0.0624. The summed E-state index contributed by atoms with van der Waals surface area (Å²) in [7, 11) is 3.72. The van der Waals surface area contributed by atoms with Crippen molar-refractivity contribution < 1.29 is 14.4 Å². The zero-order chi connectivity index (χ0) is 21.8. The third kappa shape index (κ3) is 6.29. The Bertz CT molecular complexity index is 558. The normalized spacial score (nSPS) is 23.2. The van der Waals surface area contributed by atoms with Gasteiger partial charge in [0.15, 0.2) is 0 Å². The van der Waals surface area contributed by atoms with E-state index in [2.05, 4.69) is 17.1 Å². The van der Waals surface area contributed by atoms with Crippen LogP contribution in [-0.2, 0) is 14.4 Å². The molecule has 6 heteroatoms. The number of nitrogens with one attached hydrogen (secondary N) is 1. The topological polar surface area (TPSA) is 69.7 Å². The number of nitrogens with zero attached hydrogens (tertiary/aromatic N) is 2. The summed E-state index contributed by atoms with van der Waals surface area (Å²) >= 11 is 0. The molecule has 162 valence electrons. The Morgan fingerprint density at radius 2 is 1.79 bits per heavy atom. The van der Waals surface area contributed by atoms with Gasteiger partial charge in [-0.1, -0.05) is 41.5 Å². The van der Waals surface area contributed by atoms with Crippen molar-refractivity contribution in [1.82, 2.24) is 15.1 Å². The van der Waals surface area contributed by atoms with Gasteiger partial charge in [-0.15, -0.1) is 0 Å². The summed E-state index contributed by atoms with van der Waals surface area (Å²) in [5.41, 5.74) is -0.435. The van der Waals surface area contributed by atoms with E-state index in [4.69, 9.17) is 0 Å². The van der Waals surface area contributed by atoms with Crippen LogP contribution in [0.2, 0.25) is 0 Å². The fourth-order valence-corrected chi connectivity index (χ4v) is 4.21. The predicted octanol–water partition coefficient (Wildman–Crippen LogP) is 2.71. The molecule has 2 unspecified atom stereocenters. The van der Waals surface area contributed by atoms with Gasteiger partial charge in [-0.2, -0.15) is 0 Å². The molecule has 1 saturated heterocycles. The van der Waals surface area contributed by atoms with E-state index in [9.17, 15) is 14.4 Å². The van der Waals surface area contributed by atoms with E-state index in [1.165, 1.54) is 0 Å². The lowest BCUT2D eigenvalue weighted by molar-refractivity contribution is -0.143. The van der Waals surface area contributed by atoms with Gasteiger partial charge in [0, 0.05) is 19.5 Å². The smallest absolute Gasteiger partial charge is 0.245 e. The minimum atomic E-state index is -0.638. The highest BCUT2D eigenvalue weighted by Crippen LogP contribution is 2.26. The average molecular weight is 396 g/mol. The molecule has 0 bridgehead atoms. The zero-order valence-corrected chi connectivity index (χ0v) is 19.3. The molecule has 4 atom stereocenters. The molecule has 0 spiro atoms. The SMILES string of the molecule is CC(=O)C[C@H](C(C)C)N(C)C(=O)[C@@H](NC(=O)C1C(C)CCCN1C)C(C)(C)C. The molecule has 0 saturated carbocycles. The fraction of sp³-hybridized carbons (Fsp3) is 0.864. The van der Waals surface area contributed by atoms with E-state index in [-0.39, 0.29) is 41.5 Å². The van der Waals surface area contributed by atoms with E-state index in [1.54, 1.807) is 18.9 Å². The quantitative estimate of drug-likeness (QED) is 0.720. The Labute approximate surface area is 171 Å². The second-order valence-corrected chi connectivity index (χ2v) is 10.0. The van der Waals surface area contributed by atoms with Gasteiger partial charge in [-0.05, 0) is 50.6 Å². The van der Waals surface area contributed by atoms with Crippen LogP contribution in [0.1, 0.15) is 67.7 Å². The second-order valence-electron chi connectivity index (χ2n) is 10.0. The number of rotatable bonds is 7. The number of hydrogen-bond donors (Lipinski definition) is 1. The summed E-state index contributed by atoms with van der Waals surface area (Å²) in [5.74, 6) is 0.260. The number of likely N-dealkylation sites (tertiary alicyclic amines) is 1. The average Bonchev–Trinajstić information content (AvgIpc) is 2.54. The van der Waals surface area contributed by atoms with E-state index < -0.39 is 11.5 Å². The molecule has 1 rings (SSSR count). The van der Waals surface area contributed by atoms with Crippen LogP contribution >= 0.6 is 0 Å². The molecule has 0 aromatic carbocycles. The number of ketones is 1. The van der Waals surface area contributed by atoms with Crippen LogP contribution < -0.4 is 5.32 Å². The second kappa shape index (κ2) is 9.86. The lowest BCUT2D eigenvalue weighted by Crippen LogP contribution is -2.61. The Morgan fingerprint density at radius 1 is 1.21 bits per heavy atom. The molecular formula is C22H41N3O3. The molecule has 1 heterocycles. The summed E-state index contributed by atoms with van der Waals surface area (Å²) in [6.07, 6.45) is 2.44. The highest BCUT2D eigenvalue weighted by atomic mass is 16.2. The highest BCUT2D eigenvalue weighted by Gasteiger charge is 2.40. The van der Waals surface area contributed by atoms with Crippen LogP contribution in [0.4, 0.5) is 0 Å². The molecule has 0 aromatic heterocycles. The van der Waals surface area contributed by atoms with Crippen LogP contribution in [0.25, 0.3) is 0 Å². The summed E-state index contributed by atoms with van der Waals surface area (Å²) in [6, 6.07) is -1.03. The van der Waals surface area contributed by atoms with Gasteiger partial charge >= 0.3 is 0 Å². The third-order valence-corrected chi connectivity index (χ3v) is 5.96. The summed E-state index contributed by atoms with van der Waals surface area (Å²) in [6.45, 7) is 14.5. The monoisotopic (exact) mass is 395 g/mol. The molecule has 2 amide bonds. The van der Waals surface area contributed by atoms with Crippen molar-refractivity contribution in [2.75, 3.05) is 20.6 Å². The van der Waals surface area contributed by atoms with Gasteiger partial charge < -0.3 is 10.2 Å². The van der Waals surface area contributed by atoms with Crippen LogP contribution in [0.3, 0.4) is 0 Å². The first-order chi connectivity index (χ1) is 12.8. The summed E-state index contributed by atoms with van der Waals surface area (Å²) in [5, 5.41) is 3.06. The first-order valence-electron chi connectivity index (χ1n) is 10.5. The summed E-state index contributed by atoms with van der Waals surface area (Å²) < 4.78 is 0. The molecule has 0 aliphatic carbocycles. The van der Waals surface area contributed by atoms with E-state index in [1.807, 2.05) is 41.7 Å². The number of carbonyl (C=O) groups excluding carboxylic acids is 3. The number of Topliss-reactive ketones (excluding diaryl/α,β-unsaturated/α-hetero) is 1. The standard InChI is InChI=1S/C22H41N3O3/c1-14(2)17(13-16(4)26)25(9)21(28)19(22(5,6)7)23-20(27)18-15(3)11-10-12-24(18)8/h14-15,17-19H,10-13H2,1-9H3,(H,23,27)/t15?,17-,18?,19-/m1/s1. The zero-order valence-electron chi connectivity index (χ0n) is 19.3. The summed E-state index contributed by atoms with van der Waals surface area (Å²) in [4.78, 5) is 41.9. The lowest BCUT2D eigenvalue weighted by Gasteiger charge is -2.41. The maximum atomic E-state index is 13.4. The van der Waals surface area contributed by atoms with Crippen molar-refractivity contribution in [1.29, 1.82) is 0 Å². The maximum Gasteiger partial charge on any atom is 0.245 e. The van der Waals surface area contributed by atoms with E-state index in [0.29, 0.717) is 6.42 Å². The van der Waals surface area contributed by atoms with Crippen LogP contribution in [0.15, 0.2) is 0 Å². The Kier molecular flexibility index (Phi) is 8.66. The molecule has 0 aromatic rings. The van der Waals surface area contributed by atoms with Crippen LogP contribution in [-0.4, -0.2) is 66.2 Å². The molecule has 28 heavy (non-hydrogen) atoms. The first-order valence-corrected chi connectivity index (χ1v) is 10.5. The number of amides is 2. The van der Waals surface area contributed by atoms with Crippen molar-refractivity contribution in [3.8, 4) is 0 Å². The molecule has 1 aliphatic heterocycles. The first kappa shape index (κ1) is 24.6. The van der Waals surface area contributed by atoms with Crippen molar-refractivity contribution in [2.24, 2.45) is 17.3 Å². The van der Waals surface area contributed by atoms with E-state index in [0.717, 1.165) is 19.4 Å². The minimum Gasteiger partial charge on any atom is -0.342 e. The van der Waals surface area contributed by atoms with Crippen molar-refractivity contribution >= 4 is 17.6 Å². The molecule has 0 radical (unpaired) electrons. The molecule has 6 nitrogen and oxygen atoms in total. The van der Waals surface area contributed by atoms with Crippen molar-refractivity contribution in [3.05, 3.63) is 0 Å². The third-order valence-electron chi connectivity index (χ3n) is 5.96. The van der Waals surface area contributed by atoms with Gasteiger partial charge in [-0.25, -0.2) is 0 Å². The predicted molar refractivity (Wildman–Crippen MR) is 113 cm³/mol. The maximum absolute atomic E-state index is 13.4. The lowest BCUT2D eigenvalue weighted by atomic mass is 9.84. The number of piperidine rings is 1. The van der Waals surface area contributed by atoms with Gasteiger partial charge in [-0.3, -0.25) is 19.3 Å². The fourth-order valence-electron chi connectivity index (χ4n) is 4.21. The van der Waals surface area contributed by atoms with Gasteiger partial charge in [0.05, 0.1) is 6.04 Å².